The quantitative estimate of drug-likeness (QED) is 0.874. The largest absolute Gasteiger partial charge is 0.416 e. The Kier molecular flexibility index (Phi) is 4.68. The van der Waals surface area contributed by atoms with E-state index >= 15 is 0 Å². The molecule has 0 bridgehead atoms. The van der Waals surface area contributed by atoms with Crippen LogP contribution in [0.3, 0.4) is 0 Å². The van der Waals surface area contributed by atoms with Crippen molar-refractivity contribution < 1.29 is 13.2 Å². The molecule has 1 aromatic heterocycles. The van der Waals surface area contributed by atoms with Gasteiger partial charge in [0.2, 0.25) is 0 Å². The molecule has 1 unspecified atom stereocenters. The lowest BCUT2D eigenvalue weighted by molar-refractivity contribution is -0.138. The normalized spacial score (nSPS) is 13.2. The maximum atomic E-state index is 13.2. The fraction of sp³-hybridized carbons (Fsp3) is 0.267. The first-order chi connectivity index (χ1) is 9.84. The number of pyridine rings is 1. The number of aromatic nitrogens is 1. The monoisotopic (exact) mass is 358 g/mol. The SMILES string of the molecule is CNC(c1cc(C)ccc1Br)c1cnccc1C(F)(F)F. The molecule has 0 aliphatic carbocycles. The molecule has 6 heteroatoms. The van der Waals surface area contributed by atoms with E-state index in [1.54, 1.807) is 7.05 Å². The molecule has 1 heterocycles. The van der Waals surface area contributed by atoms with E-state index in [2.05, 4.69) is 26.2 Å². The van der Waals surface area contributed by atoms with Gasteiger partial charge in [-0.1, -0.05) is 33.6 Å². The van der Waals surface area contributed by atoms with E-state index in [-0.39, 0.29) is 5.56 Å². The number of alkyl halides is 3. The highest BCUT2D eigenvalue weighted by Crippen LogP contribution is 2.37. The van der Waals surface area contributed by atoms with Gasteiger partial charge in [0.1, 0.15) is 0 Å². The Balaban J connectivity index is 2.60. The molecule has 112 valence electrons. The molecule has 0 spiro atoms. The Hall–Kier alpha value is -1.40. The Morgan fingerprint density at radius 1 is 1.19 bits per heavy atom. The summed E-state index contributed by atoms with van der Waals surface area (Å²) >= 11 is 3.40. The fourth-order valence-corrected chi connectivity index (χ4v) is 2.73. The molecule has 2 aromatic rings. The van der Waals surface area contributed by atoms with Gasteiger partial charge in [-0.15, -0.1) is 0 Å². The number of aryl methyl sites for hydroxylation is 1. The van der Waals surface area contributed by atoms with Crippen molar-refractivity contribution in [3.63, 3.8) is 0 Å². The molecule has 1 aromatic carbocycles. The van der Waals surface area contributed by atoms with Crippen LogP contribution in [0.25, 0.3) is 0 Å². The third kappa shape index (κ3) is 3.44. The zero-order valence-corrected chi connectivity index (χ0v) is 13.1. The third-order valence-corrected chi connectivity index (χ3v) is 3.94. The predicted octanol–water partition coefficient (Wildman–Crippen LogP) is 4.48. The highest BCUT2D eigenvalue weighted by atomic mass is 79.9. The van der Waals surface area contributed by atoms with Gasteiger partial charge in [-0.05, 0) is 31.7 Å². The van der Waals surface area contributed by atoms with E-state index in [0.717, 1.165) is 27.9 Å². The summed E-state index contributed by atoms with van der Waals surface area (Å²) in [6.45, 7) is 1.90. The maximum absolute atomic E-state index is 13.2. The van der Waals surface area contributed by atoms with Crippen LogP contribution in [0.15, 0.2) is 41.1 Å². The molecule has 2 rings (SSSR count). The summed E-state index contributed by atoms with van der Waals surface area (Å²) in [7, 11) is 1.63. The highest BCUT2D eigenvalue weighted by molar-refractivity contribution is 9.10. The second-order valence-corrected chi connectivity index (χ2v) is 5.56. The summed E-state index contributed by atoms with van der Waals surface area (Å²) in [5, 5.41) is 2.95. The summed E-state index contributed by atoms with van der Waals surface area (Å²) in [6, 6.07) is 6.00. The molecule has 1 atom stereocenters. The zero-order chi connectivity index (χ0) is 15.6. The first-order valence-corrected chi connectivity index (χ1v) is 7.08. The van der Waals surface area contributed by atoms with Crippen molar-refractivity contribution in [3.8, 4) is 0 Å². The number of hydrogen-bond donors (Lipinski definition) is 1. The van der Waals surface area contributed by atoms with Crippen molar-refractivity contribution in [1.29, 1.82) is 0 Å². The van der Waals surface area contributed by atoms with E-state index in [4.69, 9.17) is 0 Å². The van der Waals surface area contributed by atoms with Crippen LogP contribution in [-0.2, 0) is 6.18 Å². The third-order valence-electron chi connectivity index (χ3n) is 3.22. The summed E-state index contributed by atoms with van der Waals surface area (Å²) in [6.07, 6.45) is -1.99. The molecular weight excluding hydrogens is 345 g/mol. The van der Waals surface area contributed by atoms with Crippen molar-refractivity contribution >= 4 is 15.9 Å². The second kappa shape index (κ2) is 6.15. The number of nitrogens with zero attached hydrogens (tertiary/aromatic N) is 1. The minimum atomic E-state index is -4.41. The van der Waals surface area contributed by atoms with Crippen LogP contribution in [-0.4, -0.2) is 12.0 Å². The van der Waals surface area contributed by atoms with Crippen molar-refractivity contribution in [2.24, 2.45) is 0 Å². The van der Waals surface area contributed by atoms with Crippen molar-refractivity contribution in [2.45, 2.75) is 19.1 Å². The molecule has 0 aliphatic heterocycles. The van der Waals surface area contributed by atoms with Gasteiger partial charge < -0.3 is 5.32 Å². The summed E-state index contributed by atoms with van der Waals surface area (Å²) in [5.41, 5.74) is 1.16. The molecule has 0 aliphatic rings. The Morgan fingerprint density at radius 3 is 2.52 bits per heavy atom. The first-order valence-electron chi connectivity index (χ1n) is 6.29. The molecule has 0 amide bonds. The van der Waals surface area contributed by atoms with Gasteiger partial charge in [0.15, 0.2) is 0 Å². The van der Waals surface area contributed by atoms with E-state index in [9.17, 15) is 13.2 Å². The number of benzene rings is 1. The van der Waals surface area contributed by atoms with Gasteiger partial charge in [-0.2, -0.15) is 13.2 Å². The van der Waals surface area contributed by atoms with Crippen molar-refractivity contribution in [2.75, 3.05) is 7.05 Å². The molecule has 0 saturated heterocycles. The maximum Gasteiger partial charge on any atom is 0.416 e. The standard InChI is InChI=1S/C15H14BrF3N2/c1-9-3-4-13(16)10(7-9)14(20-2)11-8-21-6-5-12(11)15(17,18)19/h3-8,14,20H,1-2H3. The molecule has 1 N–H and O–H groups in total. The molecule has 0 fully saturated rings. The lowest BCUT2D eigenvalue weighted by Crippen LogP contribution is -2.22. The minimum absolute atomic E-state index is 0.110. The highest BCUT2D eigenvalue weighted by Gasteiger charge is 2.35. The summed E-state index contributed by atoms with van der Waals surface area (Å²) in [4.78, 5) is 3.85. The molecule has 0 saturated carbocycles. The van der Waals surface area contributed by atoms with Crippen LogP contribution in [0.2, 0.25) is 0 Å². The van der Waals surface area contributed by atoms with Gasteiger partial charge in [0.25, 0.3) is 0 Å². The topological polar surface area (TPSA) is 24.9 Å². The summed E-state index contributed by atoms with van der Waals surface area (Å²) < 4.78 is 40.3. The van der Waals surface area contributed by atoms with Gasteiger partial charge in [0, 0.05) is 22.4 Å². The van der Waals surface area contributed by atoms with Crippen molar-refractivity contribution in [3.05, 3.63) is 63.4 Å². The summed E-state index contributed by atoms with van der Waals surface area (Å²) in [5.74, 6) is 0. The second-order valence-electron chi connectivity index (χ2n) is 4.71. The molecular formula is C15H14BrF3N2. The number of hydrogen-bond acceptors (Lipinski definition) is 2. The van der Waals surface area contributed by atoms with Gasteiger partial charge in [-0.3, -0.25) is 4.98 Å². The van der Waals surface area contributed by atoms with E-state index in [0.29, 0.717) is 0 Å². The van der Waals surface area contributed by atoms with Gasteiger partial charge in [0.05, 0.1) is 11.6 Å². The predicted molar refractivity (Wildman–Crippen MR) is 79.0 cm³/mol. The van der Waals surface area contributed by atoms with E-state index in [1.807, 2.05) is 25.1 Å². The number of rotatable bonds is 3. The first kappa shape index (κ1) is 16.0. The van der Waals surface area contributed by atoms with Crippen LogP contribution >= 0.6 is 15.9 Å². The van der Waals surface area contributed by atoms with Gasteiger partial charge in [-0.25, -0.2) is 0 Å². The smallest absolute Gasteiger partial charge is 0.309 e. The number of nitrogens with one attached hydrogen (secondary N) is 1. The lowest BCUT2D eigenvalue weighted by atomic mass is 9.95. The minimum Gasteiger partial charge on any atom is -0.309 e. The van der Waals surface area contributed by atoms with E-state index < -0.39 is 17.8 Å². The molecule has 21 heavy (non-hydrogen) atoms. The number of halogens is 4. The molecule has 0 radical (unpaired) electrons. The Morgan fingerprint density at radius 2 is 1.90 bits per heavy atom. The molecule has 2 nitrogen and oxygen atoms in total. The van der Waals surface area contributed by atoms with Crippen LogP contribution in [0.1, 0.15) is 28.3 Å². The lowest BCUT2D eigenvalue weighted by Gasteiger charge is -2.22. The van der Waals surface area contributed by atoms with Gasteiger partial charge >= 0.3 is 6.18 Å². The average molecular weight is 359 g/mol. The fourth-order valence-electron chi connectivity index (χ4n) is 2.26. The van der Waals surface area contributed by atoms with Crippen LogP contribution in [0, 0.1) is 6.92 Å². The van der Waals surface area contributed by atoms with E-state index in [1.165, 1.54) is 6.20 Å². The zero-order valence-electron chi connectivity index (χ0n) is 11.5. The van der Waals surface area contributed by atoms with Crippen LogP contribution < -0.4 is 5.32 Å². The average Bonchev–Trinajstić information content (AvgIpc) is 2.43. The Labute approximate surface area is 129 Å². The van der Waals surface area contributed by atoms with Crippen molar-refractivity contribution in [1.82, 2.24) is 10.3 Å². The Bertz CT molecular complexity index is 641. The van der Waals surface area contributed by atoms with Crippen LogP contribution in [0.5, 0.6) is 0 Å². The van der Waals surface area contributed by atoms with Crippen LogP contribution in [0.4, 0.5) is 13.2 Å².